The van der Waals surface area contributed by atoms with Gasteiger partial charge in [-0.2, -0.15) is 9.35 Å². The normalized spacial score (nSPS) is 20.0. The third-order valence-electron chi connectivity index (χ3n) is 0.988. The summed E-state index contributed by atoms with van der Waals surface area (Å²) in [5, 5.41) is 0.698. The zero-order valence-electron chi connectivity index (χ0n) is 5.07. The van der Waals surface area contributed by atoms with Crippen LogP contribution in [-0.4, -0.2) is 19.7 Å². The van der Waals surface area contributed by atoms with Crippen LogP contribution in [0.5, 0.6) is 0 Å². The highest BCUT2D eigenvalue weighted by molar-refractivity contribution is 7.74. The van der Waals surface area contributed by atoms with Crippen molar-refractivity contribution >= 4 is 17.3 Å². The van der Waals surface area contributed by atoms with Gasteiger partial charge in [0.15, 0.2) is 0 Å². The van der Waals surface area contributed by atoms with E-state index in [1.165, 1.54) is 6.08 Å². The molecular weight excluding hydrogens is 158 g/mol. The molecule has 1 unspecified atom stereocenters. The van der Waals surface area contributed by atoms with Gasteiger partial charge in [0, 0.05) is 6.08 Å². The van der Waals surface area contributed by atoms with Crippen molar-refractivity contribution in [2.24, 2.45) is 0 Å². The van der Waals surface area contributed by atoms with Gasteiger partial charge in [-0.1, -0.05) is 0 Å². The molecule has 0 spiro atoms. The molecule has 0 aliphatic carbocycles. The third-order valence-corrected chi connectivity index (χ3v) is 1.26. The highest BCUT2D eigenvalue weighted by Gasteiger charge is 2.24. The van der Waals surface area contributed by atoms with Crippen LogP contribution in [0.15, 0.2) is 11.8 Å². The Bertz CT molecular complexity index is 223. The molecule has 0 aromatic heterocycles. The first-order valence-corrected chi connectivity index (χ1v) is 3.41. The van der Waals surface area contributed by atoms with Crippen LogP contribution in [0.3, 0.4) is 0 Å². The van der Waals surface area contributed by atoms with Crippen molar-refractivity contribution in [2.75, 3.05) is 0 Å². The summed E-state index contributed by atoms with van der Waals surface area (Å²) in [5.41, 5.74) is 0.481. The van der Waals surface area contributed by atoms with Gasteiger partial charge in [0.1, 0.15) is 11.4 Å². The van der Waals surface area contributed by atoms with E-state index in [1.807, 2.05) is 0 Å². The van der Waals surface area contributed by atoms with E-state index in [0.717, 1.165) is 0 Å². The Morgan fingerprint density at radius 1 is 1.80 bits per heavy atom. The maximum Gasteiger partial charge on any atom is 0.277 e. The van der Waals surface area contributed by atoms with Crippen LogP contribution in [0.25, 0.3) is 0 Å². The fraction of sp³-hybridized carbons (Fsp3) is 0.250. The van der Waals surface area contributed by atoms with Crippen LogP contribution in [0.4, 0.5) is 0 Å². The summed E-state index contributed by atoms with van der Waals surface area (Å²) in [5.74, 6) is -0.457. The molecule has 56 valence electrons. The smallest absolute Gasteiger partial charge is 0.277 e. The van der Waals surface area contributed by atoms with E-state index < -0.39 is 17.3 Å². The van der Waals surface area contributed by atoms with E-state index in [4.69, 9.17) is 0 Å². The molecule has 0 N–H and O–H groups in total. The molecule has 5 nitrogen and oxygen atoms in total. The minimum Gasteiger partial charge on any atom is -0.748 e. The van der Waals surface area contributed by atoms with E-state index in [2.05, 4.69) is 4.28 Å². The quantitative estimate of drug-likeness (QED) is 0.511. The van der Waals surface area contributed by atoms with Crippen LogP contribution in [0.1, 0.15) is 6.92 Å². The first-order valence-electron chi connectivity index (χ1n) is 2.41. The lowest BCUT2D eigenvalue weighted by Gasteiger charge is -2.27. The van der Waals surface area contributed by atoms with Crippen LogP contribution in [-0.2, 0) is 20.4 Å². The van der Waals surface area contributed by atoms with Gasteiger partial charge < -0.3 is 4.55 Å². The number of nitrogens with zero attached hydrogens (tertiary/aromatic N) is 1. The summed E-state index contributed by atoms with van der Waals surface area (Å²) < 4.78 is 23.7. The Morgan fingerprint density at radius 2 is 2.40 bits per heavy atom. The van der Waals surface area contributed by atoms with Gasteiger partial charge in [0.05, 0.1) is 5.70 Å². The summed E-state index contributed by atoms with van der Waals surface area (Å²) in [6, 6.07) is 0. The Morgan fingerprint density at radius 3 is 2.60 bits per heavy atom. The van der Waals surface area contributed by atoms with Gasteiger partial charge in [-0.15, -0.1) is 0 Å². The second-order valence-corrected chi connectivity index (χ2v) is 2.25. The number of rotatable bonds is 2. The van der Waals surface area contributed by atoms with Gasteiger partial charge in [-0.25, -0.2) is 4.21 Å². The largest absolute Gasteiger partial charge is 0.748 e. The number of hydrogen-bond donors (Lipinski definition) is 0. The van der Waals surface area contributed by atoms with Gasteiger partial charge in [-0.05, 0) is 6.92 Å². The zero-order chi connectivity index (χ0) is 7.72. The molecule has 0 aromatic rings. The van der Waals surface area contributed by atoms with Crippen molar-refractivity contribution in [1.29, 1.82) is 0 Å². The van der Waals surface area contributed by atoms with Crippen molar-refractivity contribution in [1.82, 2.24) is 5.06 Å². The molecule has 6 heteroatoms. The molecular formula is C4H4NO4S-. The second-order valence-electron chi connectivity index (χ2n) is 1.70. The van der Waals surface area contributed by atoms with Crippen LogP contribution in [0, 0.1) is 0 Å². The highest BCUT2D eigenvalue weighted by atomic mass is 32.2. The summed E-state index contributed by atoms with van der Waals surface area (Å²) in [4.78, 5) is 10.4. The summed E-state index contributed by atoms with van der Waals surface area (Å²) in [7, 11) is 0. The monoisotopic (exact) mass is 162 g/mol. The molecule has 1 atom stereocenters. The molecule has 0 radical (unpaired) electrons. The molecule has 0 saturated carbocycles. The average Bonchev–Trinajstić information content (AvgIpc) is 1.84. The van der Waals surface area contributed by atoms with Crippen LogP contribution >= 0.6 is 0 Å². The van der Waals surface area contributed by atoms with E-state index in [0.29, 0.717) is 10.8 Å². The topological polar surface area (TPSA) is 69.7 Å². The molecule has 1 aliphatic heterocycles. The maximum atomic E-state index is 10.4. The Hall–Kier alpha value is -0.720. The van der Waals surface area contributed by atoms with E-state index in [9.17, 15) is 13.6 Å². The summed E-state index contributed by atoms with van der Waals surface area (Å²) >= 11 is -2.67. The number of carbonyl (C=O) groups is 1. The fourth-order valence-corrected chi connectivity index (χ4v) is 0.873. The minimum absolute atomic E-state index is 0.457. The summed E-state index contributed by atoms with van der Waals surface area (Å²) in [6.07, 6.45) is 1.27. The molecule has 10 heavy (non-hydrogen) atoms. The number of hydroxylamine groups is 2. The molecule has 1 rings (SSSR count). The molecule has 0 bridgehead atoms. The molecule has 1 amide bonds. The SMILES string of the molecule is CC1=CC(=O)N1OS(=O)[O-]. The van der Waals surface area contributed by atoms with Gasteiger partial charge in [0.25, 0.3) is 5.91 Å². The molecule has 0 saturated heterocycles. The summed E-state index contributed by atoms with van der Waals surface area (Å²) in [6.45, 7) is 1.56. The molecule has 1 aliphatic rings. The van der Waals surface area contributed by atoms with Crippen molar-refractivity contribution < 1.29 is 17.8 Å². The minimum atomic E-state index is -2.67. The molecule has 1 heterocycles. The lowest BCUT2D eigenvalue weighted by Crippen LogP contribution is -2.36. The second kappa shape index (κ2) is 2.49. The standard InChI is InChI=1S/C4H5NO4S/c1-3-2-4(6)5(3)9-10(7)8/h2H,1H3,(H,7,8)/p-1. The predicted molar refractivity (Wildman–Crippen MR) is 30.6 cm³/mol. The lowest BCUT2D eigenvalue weighted by atomic mass is 10.3. The number of amides is 1. The van der Waals surface area contributed by atoms with Crippen molar-refractivity contribution in [3.8, 4) is 0 Å². The van der Waals surface area contributed by atoms with E-state index in [-0.39, 0.29) is 0 Å². The highest BCUT2D eigenvalue weighted by Crippen LogP contribution is 2.15. The average molecular weight is 162 g/mol. The Kier molecular flexibility index (Phi) is 1.84. The molecule has 0 aromatic carbocycles. The zero-order valence-corrected chi connectivity index (χ0v) is 5.88. The van der Waals surface area contributed by atoms with Gasteiger partial charge >= 0.3 is 0 Å². The number of hydrogen-bond acceptors (Lipinski definition) is 4. The molecule has 0 fully saturated rings. The van der Waals surface area contributed by atoms with E-state index in [1.54, 1.807) is 6.92 Å². The van der Waals surface area contributed by atoms with E-state index >= 15 is 0 Å². The first kappa shape index (κ1) is 7.39. The first-order chi connectivity index (χ1) is 4.61. The maximum absolute atomic E-state index is 10.4. The van der Waals surface area contributed by atoms with Crippen molar-refractivity contribution in [3.05, 3.63) is 11.8 Å². The van der Waals surface area contributed by atoms with Crippen molar-refractivity contribution in [2.45, 2.75) is 6.92 Å². The Balaban J connectivity index is 2.54. The van der Waals surface area contributed by atoms with Crippen LogP contribution in [0.2, 0.25) is 0 Å². The van der Waals surface area contributed by atoms with Gasteiger partial charge in [0.2, 0.25) is 0 Å². The number of carbonyl (C=O) groups excluding carboxylic acids is 1. The third kappa shape index (κ3) is 1.23. The lowest BCUT2D eigenvalue weighted by molar-refractivity contribution is -0.150. The fourth-order valence-electron chi connectivity index (χ4n) is 0.560. The van der Waals surface area contributed by atoms with Gasteiger partial charge in [-0.3, -0.25) is 4.79 Å². The van der Waals surface area contributed by atoms with Crippen molar-refractivity contribution in [3.63, 3.8) is 0 Å². The number of allylic oxidation sites excluding steroid dienone is 1. The predicted octanol–water partition coefficient (Wildman–Crippen LogP) is -0.542. The Labute approximate surface area is 59.7 Å². The van der Waals surface area contributed by atoms with Crippen LogP contribution < -0.4 is 0 Å².